The van der Waals surface area contributed by atoms with Gasteiger partial charge in [0.25, 0.3) is 12.3 Å². The van der Waals surface area contributed by atoms with Gasteiger partial charge in [-0.3, -0.25) is 4.79 Å². The number of amides is 1. The lowest BCUT2D eigenvalue weighted by Gasteiger charge is -2.13. The molecule has 1 amide bonds. The van der Waals surface area contributed by atoms with Gasteiger partial charge in [0.15, 0.2) is 0 Å². The lowest BCUT2D eigenvalue weighted by Crippen LogP contribution is -2.29. The minimum atomic E-state index is -2.61. The highest BCUT2D eigenvalue weighted by Gasteiger charge is 2.16. The molecule has 0 aliphatic heterocycles. The number of nitrogen functional groups attached to an aromatic ring is 1. The number of carbonyl (C=O) groups is 1. The van der Waals surface area contributed by atoms with Crippen molar-refractivity contribution in [3.8, 4) is 0 Å². The highest BCUT2D eigenvalue weighted by atomic mass is 35.5. The van der Waals surface area contributed by atoms with Crippen LogP contribution >= 0.6 is 11.6 Å². The van der Waals surface area contributed by atoms with E-state index in [1.54, 1.807) is 6.07 Å². The Hall–Kier alpha value is -1.40. The van der Waals surface area contributed by atoms with Crippen LogP contribution in [-0.2, 0) is 9.53 Å². The Morgan fingerprint density at radius 2 is 2.22 bits per heavy atom. The summed E-state index contributed by atoms with van der Waals surface area (Å²) in [7, 11) is 0. The van der Waals surface area contributed by atoms with Gasteiger partial charge in [0.2, 0.25) is 0 Å². The number of benzene rings is 1. The maximum atomic E-state index is 11.9. The second kappa shape index (κ2) is 6.51. The van der Waals surface area contributed by atoms with Crippen molar-refractivity contribution in [1.29, 1.82) is 0 Å². The summed E-state index contributed by atoms with van der Waals surface area (Å²) < 4.78 is 28.5. The van der Waals surface area contributed by atoms with Crippen LogP contribution in [-0.4, -0.2) is 25.0 Å². The molecule has 0 saturated carbocycles. The Bertz CT molecular complexity index is 430. The van der Waals surface area contributed by atoms with Gasteiger partial charge in [-0.1, -0.05) is 11.6 Å². The zero-order valence-corrected chi connectivity index (χ0v) is 10.4. The molecular weight excluding hydrogens is 266 g/mol. The van der Waals surface area contributed by atoms with E-state index in [4.69, 9.17) is 17.3 Å². The summed E-state index contributed by atoms with van der Waals surface area (Å²) in [5.74, 6) is -0.530. The Morgan fingerprint density at radius 3 is 2.78 bits per heavy atom. The first-order valence-electron chi connectivity index (χ1n) is 5.15. The second-order valence-corrected chi connectivity index (χ2v) is 4.00. The highest BCUT2D eigenvalue weighted by molar-refractivity contribution is 6.33. The summed E-state index contributed by atoms with van der Waals surface area (Å²) in [5, 5.41) is 2.86. The molecule has 0 heterocycles. The maximum Gasteiger partial charge on any atom is 0.261 e. The molecule has 1 unspecified atom stereocenters. The molecule has 4 nitrogen and oxygen atoms in total. The first-order valence-corrected chi connectivity index (χ1v) is 5.53. The van der Waals surface area contributed by atoms with Crippen LogP contribution in [0.1, 0.15) is 6.92 Å². The topological polar surface area (TPSA) is 64.3 Å². The van der Waals surface area contributed by atoms with Crippen LogP contribution in [0.25, 0.3) is 0 Å². The number of ether oxygens (including phenoxy) is 1. The van der Waals surface area contributed by atoms with E-state index in [1.165, 1.54) is 19.1 Å². The van der Waals surface area contributed by atoms with Crippen molar-refractivity contribution in [2.75, 3.05) is 17.7 Å². The Labute approximate surface area is 108 Å². The van der Waals surface area contributed by atoms with Crippen molar-refractivity contribution in [1.82, 2.24) is 0 Å². The van der Waals surface area contributed by atoms with Crippen molar-refractivity contribution >= 4 is 28.9 Å². The normalized spacial score (nSPS) is 12.5. The summed E-state index contributed by atoms with van der Waals surface area (Å²) in [6.07, 6.45) is -3.58. The standard InChI is InChI=1S/C11H13ClF2N2O2/c1-6(18-5-10(13)14)11(17)16-7-2-3-8(12)9(15)4-7/h2-4,6,10H,5,15H2,1H3,(H,16,17). The molecule has 0 aromatic heterocycles. The number of nitrogens with one attached hydrogen (secondary N) is 1. The molecule has 1 aromatic rings. The number of rotatable bonds is 5. The minimum Gasteiger partial charge on any atom is -0.397 e. The van der Waals surface area contributed by atoms with Gasteiger partial charge in [0.1, 0.15) is 12.7 Å². The summed E-state index contributed by atoms with van der Waals surface area (Å²) >= 11 is 5.72. The number of alkyl halides is 2. The molecule has 3 N–H and O–H groups in total. The summed E-state index contributed by atoms with van der Waals surface area (Å²) in [6.45, 7) is 0.605. The molecule has 0 saturated heterocycles. The molecule has 7 heteroatoms. The Morgan fingerprint density at radius 1 is 1.56 bits per heavy atom. The Balaban J connectivity index is 2.55. The van der Waals surface area contributed by atoms with E-state index < -0.39 is 25.0 Å². The first-order chi connectivity index (χ1) is 8.40. The number of anilines is 2. The molecule has 0 aliphatic rings. The van der Waals surface area contributed by atoms with Crippen LogP contribution in [0, 0.1) is 0 Å². The largest absolute Gasteiger partial charge is 0.397 e. The van der Waals surface area contributed by atoms with Crippen LogP contribution in [0.3, 0.4) is 0 Å². The quantitative estimate of drug-likeness (QED) is 0.814. The molecule has 0 spiro atoms. The maximum absolute atomic E-state index is 11.9. The number of hydrogen-bond donors (Lipinski definition) is 2. The van der Waals surface area contributed by atoms with Crippen LogP contribution in [0.2, 0.25) is 5.02 Å². The molecule has 0 aliphatic carbocycles. The van der Waals surface area contributed by atoms with Gasteiger partial charge < -0.3 is 15.8 Å². The molecule has 0 fully saturated rings. The van der Waals surface area contributed by atoms with E-state index in [-0.39, 0.29) is 0 Å². The van der Waals surface area contributed by atoms with E-state index >= 15 is 0 Å². The highest BCUT2D eigenvalue weighted by Crippen LogP contribution is 2.22. The predicted molar refractivity (Wildman–Crippen MR) is 65.9 cm³/mol. The van der Waals surface area contributed by atoms with Crippen LogP contribution < -0.4 is 11.1 Å². The van der Waals surface area contributed by atoms with Crippen molar-refractivity contribution < 1.29 is 18.3 Å². The van der Waals surface area contributed by atoms with Crippen LogP contribution in [0.5, 0.6) is 0 Å². The third-order valence-electron chi connectivity index (χ3n) is 2.10. The lowest BCUT2D eigenvalue weighted by molar-refractivity contribution is -0.128. The zero-order chi connectivity index (χ0) is 13.7. The van der Waals surface area contributed by atoms with Crippen molar-refractivity contribution in [2.45, 2.75) is 19.5 Å². The number of nitrogens with two attached hydrogens (primary N) is 1. The SMILES string of the molecule is CC(OCC(F)F)C(=O)Nc1ccc(Cl)c(N)c1. The summed E-state index contributed by atoms with van der Waals surface area (Å²) in [6, 6.07) is 4.55. The number of hydrogen-bond acceptors (Lipinski definition) is 3. The summed E-state index contributed by atoms with van der Waals surface area (Å²) in [5.41, 5.74) is 6.30. The van der Waals surface area contributed by atoms with Crippen molar-refractivity contribution in [3.63, 3.8) is 0 Å². The van der Waals surface area contributed by atoms with Gasteiger partial charge in [-0.15, -0.1) is 0 Å². The molecule has 0 bridgehead atoms. The molecule has 1 rings (SSSR count). The van der Waals surface area contributed by atoms with Gasteiger partial charge in [0.05, 0.1) is 10.7 Å². The molecular formula is C11H13ClF2N2O2. The van der Waals surface area contributed by atoms with Gasteiger partial charge in [-0.25, -0.2) is 8.78 Å². The average molecular weight is 279 g/mol. The van der Waals surface area contributed by atoms with Gasteiger partial charge in [-0.05, 0) is 25.1 Å². The second-order valence-electron chi connectivity index (χ2n) is 3.59. The fourth-order valence-electron chi connectivity index (χ4n) is 1.16. The van der Waals surface area contributed by atoms with Gasteiger partial charge in [-0.2, -0.15) is 0 Å². The van der Waals surface area contributed by atoms with Crippen molar-refractivity contribution in [3.05, 3.63) is 23.2 Å². The monoisotopic (exact) mass is 278 g/mol. The smallest absolute Gasteiger partial charge is 0.261 e. The Kier molecular flexibility index (Phi) is 5.30. The van der Waals surface area contributed by atoms with Crippen LogP contribution in [0.4, 0.5) is 20.2 Å². The van der Waals surface area contributed by atoms with E-state index in [0.29, 0.717) is 16.4 Å². The zero-order valence-electron chi connectivity index (χ0n) is 9.62. The third kappa shape index (κ3) is 4.46. The van der Waals surface area contributed by atoms with Gasteiger partial charge in [0, 0.05) is 5.69 Å². The lowest BCUT2D eigenvalue weighted by atomic mass is 10.2. The third-order valence-corrected chi connectivity index (χ3v) is 2.45. The molecule has 0 radical (unpaired) electrons. The van der Waals surface area contributed by atoms with E-state index in [9.17, 15) is 13.6 Å². The number of carbonyl (C=O) groups excluding carboxylic acids is 1. The predicted octanol–water partition coefficient (Wildman–Crippen LogP) is 2.53. The van der Waals surface area contributed by atoms with Crippen molar-refractivity contribution in [2.24, 2.45) is 0 Å². The number of halogens is 3. The molecule has 1 aromatic carbocycles. The van der Waals surface area contributed by atoms with Gasteiger partial charge >= 0.3 is 0 Å². The fraction of sp³-hybridized carbons (Fsp3) is 0.364. The summed E-state index contributed by atoms with van der Waals surface area (Å²) in [4.78, 5) is 11.6. The average Bonchev–Trinajstić information content (AvgIpc) is 2.30. The first kappa shape index (κ1) is 14.7. The molecule has 18 heavy (non-hydrogen) atoms. The molecule has 100 valence electrons. The van der Waals surface area contributed by atoms with E-state index in [0.717, 1.165) is 0 Å². The van der Waals surface area contributed by atoms with E-state index in [1.807, 2.05) is 0 Å². The minimum absolute atomic E-state index is 0.315. The van der Waals surface area contributed by atoms with Crippen LogP contribution in [0.15, 0.2) is 18.2 Å². The molecule has 1 atom stereocenters. The fourth-order valence-corrected chi connectivity index (χ4v) is 1.28. The van der Waals surface area contributed by atoms with E-state index in [2.05, 4.69) is 10.1 Å².